The van der Waals surface area contributed by atoms with Crippen molar-refractivity contribution in [3.05, 3.63) is 29.5 Å². The molecule has 0 fully saturated rings. The van der Waals surface area contributed by atoms with Gasteiger partial charge in [0.2, 0.25) is 5.70 Å². The number of amides is 1. The summed E-state index contributed by atoms with van der Waals surface area (Å²) in [6, 6.07) is 4.41. The quantitative estimate of drug-likeness (QED) is 0.614. The highest BCUT2D eigenvalue weighted by molar-refractivity contribution is 6.08. The molecule has 0 spiro atoms. The van der Waals surface area contributed by atoms with E-state index in [0.717, 1.165) is 0 Å². The zero-order valence-electron chi connectivity index (χ0n) is 12.4. The number of quaternary nitrogens is 1. The average molecular weight is 292 g/mol. The summed E-state index contributed by atoms with van der Waals surface area (Å²) in [6.45, 7) is 5.16. The molecule has 0 saturated carbocycles. The van der Waals surface area contributed by atoms with Gasteiger partial charge in [0.05, 0.1) is 7.11 Å². The van der Waals surface area contributed by atoms with Gasteiger partial charge in [0.25, 0.3) is 0 Å². The van der Waals surface area contributed by atoms with Crippen molar-refractivity contribution in [2.24, 2.45) is 0 Å². The molecule has 6 nitrogen and oxygen atoms in total. The number of benzene rings is 1. The average Bonchev–Trinajstić information content (AvgIpc) is 2.72. The van der Waals surface area contributed by atoms with Gasteiger partial charge in [-0.2, -0.15) is 4.79 Å². The number of carbonyl (C=O) groups excluding carboxylic acids is 1. The summed E-state index contributed by atoms with van der Waals surface area (Å²) in [4.78, 5) is 24.2. The number of hydrogen-bond acceptors (Lipinski definition) is 4. The first-order valence-corrected chi connectivity index (χ1v) is 6.43. The molecule has 1 amide bonds. The van der Waals surface area contributed by atoms with Gasteiger partial charge < -0.3 is 14.9 Å². The number of ether oxygens (including phenoxy) is 1. The van der Waals surface area contributed by atoms with Gasteiger partial charge in [-0.05, 0) is 32.9 Å². The van der Waals surface area contributed by atoms with Gasteiger partial charge in [-0.15, -0.1) is 4.48 Å². The van der Waals surface area contributed by atoms with E-state index in [1.165, 1.54) is 25.3 Å². The Balaban J connectivity index is 2.86. The van der Waals surface area contributed by atoms with Crippen LogP contribution in [-0.2, 0) is 9.53 Å². The molecule has 1 aromatic carbocycles. The van der Waals surface area contributed by atoms with E-state index in [1.54, 1.807) is 26.8 Å². The molecule has 21 heavy (non-hydrogen) atoms. The summed E-state index contributed by atoms with van der Waals surface area (Å²) in [5.74, 6) is -0.760. The number of aromatic hydroxyl groups is 1. The molecule has 1 aliphatic heterocycles. The number of hydrogen-bond donors (Lipinski definition) is 2. The lowest BCUT2D eigenvalue weighted by atomic mass is 9.99. The fourth-order valence-electron chi connectivity index (χ4n) is 2.83. The lowest BCUT2D eigenvalue weighted by Crippen LogP contribution is -2.64. The van der Waals surface area contributed by atoms with Crippen molar-refractivity contribution >= 4 is 23.8 Å². The van der Waals surface area contributed by atoms with Crippen LogP contribution in [0.25, 0.3) is 6.08 Å². The maximum absolute atomic E-state index is 12.1. The van der Waals surface area contributed by atoms with Gasteiger partial charge in [0, 0.05) is 17.7 Å². The SMILES string of the molecule is COC(=O)C1=Cc2ccc(O)cc2[N+]1(C(=O)O)C(C)(C)C. The number of esters is 1. The van der Waals surface area contributed by atoms with Gasteiger partial charge in [-0.1, -0.05) is 0 Å². The van der Waals surface area contributed by atoms with Gasteiger partial charge in [-0.25, -0.2) is 4.79 Å². The standard InChI is InChI=1S/C15H17NO5/c1-15(2,3)16(14(19)20)11-8-10(17)6-5-9(11)7-12(16)13(18)21-4/h5-8H,1-4H3,(H-,17,18,19,20)/p+1. The molecule has 0 saturated heterocycles. The highest BCUT2D eigenvalue weighted by Gasteiger charge is 2.60. The number of carboxylic acid groups (broad SMARTS) is 1. The van der Waals surface area contributed by atoms with E-state index in [9.17, 15) is 19.8 Å². The Morgan fingerprint density at radius 2 is 1.86 bits per heavy atom. The lowest BCUT2D eigenvalue weighted by Gasteiger charge is -2.40. The second kappa shape index (κ2) is 4.60. The Morgan fingerprint density at radius 1 is 1.24 bits per heavy atom. The predicted octanol–water partition coefficient (Wildman–Crippen LogP) is 2.70. The van der Waals surface area contributed by atoms with Crippen LogP contribution in [0, 0.1) is 0 Å². The summed E-state index contributed by atoms with van der Waals surface area (Å²) in [5.41, 5.74) is 0.0734. The summed E-state index contributed by atoms with van der Waals surface area (Å²) < 4.78 is 4.03. The summed E-state index contributed by atoms with van der Waals surface area (Å²) >= 11 is 0. The van der Waals surface area contributed by atoms with E-state index < -0.39 is 22.1 Å². The van der Waals surface area contributed by atoms with E-state index in [0.29, 0.717) is 11.3 Å². The van der Waals surface area contributed by atoms with Gasteiger partial charge in [0.15, 0.2) is 5.69 Å². The molecule has 112 valence electrons. The minimum atomic E-state index is -1.21. The zero-order valence-corrected chi connectivity index (χ0v) is 12.4. The molecule has 1 aromatic rings. The molecule has 2 N–H and O–H groups in total. The van der Waals surface area contributed by atoms with Crippen LogP contribution in [0.1, 0.15) is 26.3 Å². The highest BCUT2D eigenvalue weighted by atomic mass is 16.5. The predicted molar refractivity (Wildman–Crippen MR) is 77.7 cm³/mol. The van der Waals surface area contributed by atoms with Crippen molar-refractivity contribution in [2.75, 3.05) is 7.11 Å². The number of nitrogens with zero attached hydrogens (tertiary/aromatic N) is 1. The van der Waals surface area contributed by atoms with Gasteiger partial charge >= 0.3 is 12.1 Å². The summed E-state index contributed by atoms with van der Waals surface area (Å²) in [6.07, 6.45) is 0.295. The Labute approximate surface area is 122 Å². The largest absolute Gasteiger partial charge is 0.524 e. The molecule has 1 heterocycles. The normalized spacial score (nSPS) is 20.7. The van der Waals surface area contributed by atoms with Crippen molar-refractivity contribution in [3.63, 3.8) is 0 Å². The second-order valence-electron chi connectivity index (χ2n) is 5.89. The van der Waals surface area contributed by atoms with Gasteiger partial charge in [-0.3, -0.25) is 0 Å². The molecule has 0 aromatic heterocycles. The molecule has 1 aliphatic rings. The monoisotopic (exact) mass is 292 g/mol. The molecule has 2 rings (SSSR count). The molecule has 1 atom stereocenters. The fourth-order valence-corrected chi connectivity index (χ4v) is 2.83. The van der Waals surface area contributed by atoms with E-state index in [2.05, 4.69) is 0 Å². The van der Waals surface area contributed by atoms with Crippen LogP contribution >= 0.6 is 0 Å². The summed E-state index contributed by atoms with van der Waals surface area (Å²) in [5, 5.41) is 19.6. The first-order chi connectivity index (χ1) is 9.66. The minimum Gasteiger partial charge on any atom is -0.508 e. The number of carbonyl (C=O) groups is 2. The van der Waals surface area contributed by atoms with E-state index in [1.807, 2.05) is 0 Å². The molecule has 0 aliphatic carbocycles. The van der Waals surface area contributed by atoms with Crippen molar-refractivity contribution in [2.45, 2.75) is 26.3 Å². The third kappa shape index (κ3) is 1.91. The number of fused-ring (bicyclic) bond motifs is 1. The first kappa shape index (κ1) is 15.1. The lowest BCUT2D eigenvalue weighted by molar-refractivity contribution is -0.138. The molecular weight excluding hydrogens is 274 g/mol. The third-order valence-electron chi connectivity index (χ3n) is 3.72. The maximum Gasteiger partial charge on any atom is 0.524 e. The van der Waals surface area contributed by atoms with Crippen LogP contribution in [-0.4, -0.2) is 34.9 Å². The number of phenols is 1. The van der Waals surface area contributed by atoms with Crippen LogP contribution in [0.5, 0.6) is 5.75 Å². The molecule has 1 unspecified atom stereocenters. The number of phenolic OH excluding ortho intramolecular Hbond substituents is 1. The Morgan fingerprint density at radius 3 is 2.33 bits per heavy atom. The topological polar surface area (TPSA) is 83.8 Å². The molecule has 6 heteroatoms. The Bertz CT molecular complexity index is 657. The zero-order chi connectivity index (χ0) is 16.0. The summed E-state index contributed by atoms with van der Waals surface area (Å²) in [7, 11) is 1.21. The highest BCUT2D eigenvalue weighted by Crippen LogP contribution is 2.48. The third-order valence-corrected chi connectivity index (χ3v) is 3.72. The van der Waals surface area contributed by atoms with E-state index >= 15 is 0 Å². The number of rotatable bonds is 1. The Kier molecular flexibility index (Phi) is 3.29. The van der Waals surface area contributed by atoms with Crippen LogP contribution in [0.3, 0.4) is 0 Å². The fraction of sp³-hybridized carbons (Fsp3) is 0.333. The maximum atomic E-state index is 12.1. The number of methoxy groups -OCH3 is 1. The van der Waals surface area contributed by atoms with Crippen LogP contribution in [0.2, 0.25) is 0 Å². The van der Waals surface area contributed by atoms with E-state index in [4.69, 9.17) is 4.74 Å². The first-order valence-electron chi connectivity index (χ1n) is 6.43. The second-order valence-corrected chi connectivity index (χ2v) is 5.89. The van der Waals surface area contributed by atoms with Gasteiger partial charge in [0.1, 0.15) is 11.3 Å². The molecule has 0 bridgehead atoms. The molecular formula is C15H18NO5+. The van der Waals surface area contributed by atoms with Crippen LogP contribution < -0.4 is 4.48 Å². The minimum absolute atomic E-state index is 0.0121. The van der Waals surface area contributed by atoms with Crippen molar-refractivity contribution in [1.29, 1.82) is 0 Å². The van der Waals surface area contributed by atoms with Crippen molar-refractivity contribution in [3.8, 4) is 5.75 Å². The van der Waals surface area contributed by atoms with Crippen LogP contribution in [0.15, 0.2) is 23.9 Å². The smallest absolute Gasteiger partial charge is 0.508 e. The van der Waals surface area contributed by atoms with E-state index in [-0.39, 0.29) is 11.4 Å². The van der Waals surface area contributed by atoms with Crippen molar-refractivity contribution in [1.82, 2.24) is 4.48 Å². The van der Waals surface area contributed by atoms with Crippen molar-refractivity contribution < 1.29 is 24.5 Å². The Hall–Kier alpha value is -2.34. The van der Waals surface area contributed by atoms with Crippen LogP contribution in [0.4, 0.5) is 10.5 Å². The molecule has 0 radical (unpaired) electrons.